The fraction of sp³-hybridized carbons (Fsp3) is 0.308. The number of pyridine rings is 1. The summed E-state index contributed by atoms with van der Waals surface area (Å²) in [4.78, 5) is 46.7. The third-order valence-corrected chi connectivity index (χ3v) is 6.77. The summed E-state index contributed by atoms with van der Waals surface area (Å²) in [7, 11) is 1.73. The van der Waals surface area contributed by atoms with Gasteiger partial charge >= 0.3 is 0 Å². The highest BCUT2D eigenvalue weighted by Gasteiger charge is 2.53. The van der Waals surface area contributed by atoms with Gasteiger partial charge in [0.1, 0.15) is 5.75 Å². The van der Waals surface area contributed by atoms with Gasteiger partial charge in [-0.1, -0.05) is 30.3 Å². The van der Waals surface area contributed by atoms with E-state index in [1.807, 2.05) is 47.2 Å². The molecule has 0 radical (unpaired) electrons. The van der Waals surface area contributed by atoms with E-state index in [0.29, 0.717) is 30.9 Å². The molecule has 0 spiro atoms. The van der Waals surface area contributed by atoms with Crippen LogP contribution in [0, 0.1) is 0 Å². The Bertz CT molecular complexity index is 1120. The van der Waals surface area contributed by atoms with Crippen LogP contribution < -0.4 is 4.74 Å². The molecule has 8 heteroatoms. The van der Waals surface area contributed by atoms with Crippen molar-refractivity contribution in [1.29, 1.82) is 0 Å². The average Bonchev–Trinajstić information content (AvgIpc) is 3.45. The molecule has 1 aromatic carbocycles. The summed E-state index contributed by atoms with van der Waals surface area (Å²) >= 11 is 1.57. The number of rotatable bonds is 10. The van der Waals surface area contributed by atoms with Gasteiger partial charge in [0.2, 0.25) is 17.7 Å². The molecule has 2 aromatic heterocycles. The summed E-state index contributed by atoms with van der Waals surface area (Å²) in [6.07, 6.45) is 3.70. The number of nitrogens with zero attached hydrogens (tertiary/aromatic N) is 3. The van der Waals surface area contributed by atoms with Crippen LogP contribution in [-0.4, -0.2) is 52.7 Å². The summed E-state index contributed by atoms with van der Waals surface area (Å²) in [6.45, 7) is 1.06. The van der Waals surface area contributed by atoms with Crippen LogP contribution in [0.5, 0.6) is 5.75 Å². The number of carbonyl (C=O) groups excluding carboxylic acids is 3. The van der Waals surface area contributed by atoms with E-state index in [-0.39, 0.29) is 37.1 Å². The van der Waals surface area contributed by atoms with Gasteiger partial charge in [0.05, 0.1) is 18.2 Å². The Morgan fingerprint density at radius 1 is 1.18 bits per heavy atom. The van der Waals surface area contributed by atoms with E-state index in [9.17, 15) is 14.4 Å². The number of benzene rings is 1. The first-order valence-electron chi connectivity index (χ1n) is 11.2. The Balaban J connectivity index is 1.47. The lowest BCUT2D eigenvalue weighted by molar-refractivity contribution is -0.142. The van der Waals surface area contributed by atoms with Crippen molar-refractivity contribution in [3.8, 4) is 5.75 Å². The predicted molar refractivity (Wildman–Crippen MR) is 129 cm³/mol. The molecule has 176 valence electrons. The highest BCUT2D eigenvalue weighted by atomic mass is 32.1. The second kappa shape index (κ2) is 10.6. The Hall–Kier alpha value is -3.52. The Morgan fingerprint density at radius 2 is 2.00 bits per heavy atom. The maximum Gasteiger partial charge on any atom is 0.240 e. The third kappa shape index (κ3) is 5.17. The van der Waals surface area contributed by atoms with Crippen LogP contribution in [0.3, 0.4) is 0 Å². The molecule has 4 rings (SSSR count). The lowest BCUT2D eigenvalue weighted by Crippen LogP contribution is -2.43. The van der Waals surface area contributed by atoms with Crippen molar-refractivity contribution >= 4 is 29.1 Å². The summed E-state index contributed by atoms with van der Waals surface area (Å²) < 4.78 is 5.65. The monoisotopic (exact) mass is 477 g/mol. The number of thiophene rings is 1. The van der Waals surface area contributed by atoms with Gasteiger partial charge in [-0.3, -0.25) is 24.3 Å². The largest absolute Gasteiger partial charge is 0.492 e. The second-order valence-electron chi connectivity index (χ2n) is 8.42. The summed E-state index contributed by atoms with van der Waals surface area (Å²) in [5.41, 5.74) is 0.543. The Morgan fingerprint density at radius 3 is 2.71 bits per heavy atom. The lowest BCUT2D eigenvalue weighted by atomic mass is 9.75. The highest BCUT2D eigenvalue weighted by molar-refractivity contribution is 7.07. The van der Waals surface area contributed by atoms with Crippen molar-refractivity contribution in [2.45, 2.75) is 31.2 Å². The van der Waals surface area contributed by atoms with E-state index < -0.39 is 5.41 Å². The minimum atomic E-state index is -1.19. The van der Waals surface area contributed by atoms with Crippen molar-refractivity contribution in [3.05, 3.63) is 82.8 Å². The Kier molecular flexibility index (Phi) is 7.37. The van der Waals surface area contributed by atoms with E-state index in [2.05, 4.69) is 4.98 Å². The van der Waals surface area contributed by atoms with E-state index in [1.165, 1.54) is 4.90 Å². The molecule has 1 unspecified atom stereocenters. The molecule has 3 aromatic rings. The average molecular weight is 478 g/mol. The molecule has 0 aliphatic carbocycles. The van der Waals surface area contributed by atoms with Crippen molar-refractivity contribution < 1.29 is 19.1 Å². The SMILES string of the molecule is CN(Cc1ccsc1)C(=O)CC1(c2ccccc2)CC(=O)N(CCCOc2cccnc2)C1=O. The van der Waals surface area contributed by atoms with Crippen LogP contribution in [0.15, 0.2) is 71.7 Å². The third-order valence-electron chi connectivity index (χ3n) is 6.04. The van der Waals surface area contributed by atoms with Crippen molar-refractivity contribution in [3.63, 3.8) is 0 Å². The number of aromatic nitrogens is 1. The molecule has 3 amide bonds. The maximum absolute atomic E-state index is 13.7. The van der Waals surface area contributed by atoms with Gasteiger partial charge in [0, 0.05) is 39.2 Å². The van der Waals surface area contributed by atoms with E-state index in [1.54, 1.807) is 47.8 Å². The summed E-state index contributed by atoms with van der Waals surface area (Å²) in [5, 5.41) is 3.96. The van der Waals surface area contributed by atoms with Gasteiger partial charge in [-0.2, -0.15) is 11.3 Å². The van der Waals surface area contributed by atoms with Crippen LogP contribution in [0.1, 0.15) is 30.4 Å². The Labute approximate surface area is 203 Å². The molecular formula is C26H27N3O4S. The highest BCUT2D eigenvalue weighted by Crippen LogP contribution is 2.40. The molecule has 0 N–H and O–H groups in total. The molecule has 1 aliphatic rings. The number of carbonyl (C=O) groups is 3. The topological polar surface area (TPSA) is 79.8 Å². The van der Waals surface area contributed by atoms with Crippen molar-refractivity contribution in [2.75, 3.05) is 20.2 Å². The zero-order chi connectivity index (χ0) is 24.0. The van der Waals surface area contributed by atoms with Gasteiger partial charge in [-0.25, -0.2) is 0 Å². The second-order valence-corrected chi connectivity index (χ2v) is 9.20. The number of hydrogen-bond acceptors (Lipinski definition) is 6. The van der Waals surface area contributed by atoms with Crippen LogP contribution in [0.2, 0.25) is 0 Å². The fourth-order valence-electron chi connectivity index (χ4n) is 4.23. The van der Waals surface area contributed by atoms with Crippen molar-refractivity contribution in [1.82, 2.24) is 14.8 Å². The van der Waals surface area contributed by atoms with E-state index in [0.717, 1.165) is 5.56 Å². The smallest absolute Gasteiger partial charge is 0.240 e. The minimum Gasteiger partial charge on any atom is -0.492 e. The normalized spacial score (nSPS) is 17.7. The molecular weight excluding hydrogens is 450 g/mol. The van der Waals surface area contributed by atoms with E-state index >= 15 is 0 Å². The van der Waals surface area contributed by atoms with Gasteiger partial charge in [-0.15, -0.1) is 0 Å². The number of imide groups is 1. The number of likely N-dealkylation sites (tertiary alicyclic amines) is 1. The van der Waals surface area contributed by atoms with Crippen LogP contribution in [0.25, 0.3) is 0 Å². The van der Waals surface area contributed by atoms with Gasteiger partial charge in [0.25, 0.3) is 0 Å². The quantitative estimate of drug-likeness (QED) is 0.329. The molecule has 0 saturated carbocycles. The van der Waals surface area contributed by atoms with Crippen molar-refractivity contribution in [2.24, 2.45) is 0 Å². The van der Waals surface area contributed by atoms with Crippen LogP contribution in [-0.2, 0) is 26.3 Å². The van der Waals surface area contributed by atoms with Gasteiger partial charge < -0.3 is 9.64 Å². The van der Waals surface area contributed by atoms with Gasteiger partial charge in [-0.05, 0) is 46.5 Å². The summed E-state index contributed by atoms with van der Waals surface area (Å²) in [6, 6.07) is 14.7. The molecule has 0 bridgehead atoms. The molecule has 7 nitrogen and oxygen atoms in total. The molecule has 1 aliphatic heterocycles. The standard InChI is InChI=1S/C26H27N3O4S/c1-28(18-20-10-14-34-19-20)23(30)15-26(21-7-3-2-4-8-21)16-24(31)29(25(26)32)12-6-13-33-22-9-5-11-27-17-22/h2-5,7-11,14,17,19H,6,12-13,15-16,18H2,1H3. The molecule has 34 heavy (non-hydrogen) atoms. The number of hydrogen-bond donors (Lipinski definition) is 0. The van der Waals surface area contributed by atoms with Crippen LogP contribution >= 0.6 is 11.3 Å². The first-order chi connectivity index (χ1) is 16.5. The molecule has 1 atom stereocenters. The zero-order valence-electron chi connectivity index (χ0n) is 19.1. The maximum atomic E-state index is 13.7. The zero-order valence-corrected chi connectivity index (χ0v) is 19.9. The molecule has 1 fully saturated rings. The van der Waals surface area contributed by atoms with E-state index in [4.69, 9.17) is 4.74 Å². The molecule has 1 saturated heterocycles. The van der Waals surface area contributed by atoms with Crippen LogP contribution in [0.4, 0.5) is 0 Å². The first kappa shape index (κ1) is 23.6. The lowest BCUT2D eigenvalue weighted by Gasteiger charge is -2.29. The minimum absolute atomic E-state index is 0.0165. The first-order valence-corrected chi connectivity index (χ1v) is 12.1. The number of ether oxygens (including phenoxy) is 1. The summed E-state index contributed by atoms with van der Waals surface area (Å²) in [5.74, 6) is -0.108. The number of amides is 3. The predicted octanol–water partition coefficient (Wildman–Crippen LogP) is 3.66. The molecule has 3 heterocycles. The van der Waals surface area contributed by atoms with Gasteiger partial charge in [0.15, 0.2) is 0 Å². The fourth-order valence-corrected chi connectivity index (χ4v) is 4.89.